The van der Waals surface area contributed by atoms with E-state index in [1.54, 1.807) is 0 Å². The topological polar surface area (TPSA) is 63.1 Å². The summed E-state index contributed by atoms with van der Waals surface area (Å²) >= 11 is 1.40. The van der Waals surface area contributed by atoms with Crippen molar-refractivity contribution in [2.45, 2.75) is 58.5 Å². The maximum Gasteiger partial charge on any atom is 0.234 e. The second-order valence-electron chi connectivity index (χ2n) is 9.04. The number of para-hydroxylation sites is 1. The molecular weight excluding hydrogens is 442 g/mol. The number of nitrogens with zero attached hydrogens (tertiary/aromatic N) is 4. The van der Waals surface area contributed by atoms with Crippen molar-refractivity contribution in [1.82, 2.24) is 14.8 Å². The Kier molecular flexibility index (Phi) is 8.78. The number of anilines is 2. The normalized spacial score (nSPS) is 11.3. The minimum Gasteiger partial charge on any atom is -0.372 e. The van der Waals surface area contributed by atoms with E-state index >= 15 is 0 Å². The summed E-state index contributed by atoms with van der Waals surface area (Å²) in [7, 11) is 1.94. The Morgan fingerprint density at radius 3 is 2.09 bits per heavy atom. The van der Waals surface area contributed by atoms with E-state index in [2.05, 4.69) is 104 Å². The van der Waals surface area contributed by atoms with Gasteiger partial charge in [0, 0.05) is 37.1 Å². The number of aromatic nitrogens is 3. The molecule has 0 atom stereocenters. The van der Waals surface area contributed by atoms with Gasteiger partial charge >= 0.3 is 0 Å². The van der Waals surface area contributed by atoms with Crippen LogP contribution in [0.5, 0.6) is 0 Å². The van der Waals surface area contributed by atoms with Gasteiger partial charge in [0.25, 0.3) is 0 Å². The van der Waals surface area contributed by atoms with Gasteiger partial charge in [0.05, 0.1) is 5.75 Å². The second-order valence-corrected chi connectivity index (χ2v) is 9.98. The SMILES string of the molecule is CCN(CC)c1ccc(-c2nnc(SCC(=O)Nc3c(C(C)C)cccc3C(C)C)n2C)cc1. The van der Waals surface area contributed by atoms with E-state index in [1.165, 1.54) is 28.6 Å². The minimum absolute atomic E-state index is 0.0341. The molecule has 0 bridgehead atoms. The molecule has 0 saturated carbocycles. The zero-order chi connectivity index (χ0) is 24.8. The van der Waals surface area contributed by atoms with Crippen molar-refractivity contribution < 1.29 is 4.79 Å². The van der Waals surface area contributed by atoms with Gasteiger partial charge in [0.2, 0.25) is 5.91 Å². The van der Waals surface area contributed by atoms with Gasteiger partial charge in [0.15, 0.2) is 11.0 Å². The van der Waals surface area contributed by atoms with Crippen LogP contribution >= 0.6 is 11.8 Å². The summed E-state index contributed by atoms with van der Waals surface area (Å²) < 4.78 is 1.95. The lowest BCUT2D eigenvalue weighted by Crippen LogP contribution is -2.21. The predicted octanol–water partition coefficient (Wildman–Crippen LogP) is 6.31. The number of amides is 1. The molecule has 2 aromatic carbocycles. The van der Waals surface area contributed by atoms with Crippen LogP contribution in [0.1, 0.15) is 64.5 Å². The molecule has 0 saturated heterocycles. The third-order valence-corrected chi connectivity index (χ3v) is 7.08. The second kappa shape index (κ2) is 11.6. The highest BCUT2D eigenvalue weighted by molar-refractivity contribution is 7.99. The van der Waals surface area contributed by atoms with Crippen LogP contribution in [-0.2, 0) is 11.8 Å². The molecule has 0 aliphatic carbocycles. The van der Waals surface area contributed by atoms with Crippen LogP contribution < -0.4 is 10.2 Å². The van der Waals surface area contributed by atoms with Crippen LogP contribution in [0.4, 0.5) is 11.4 Å². The molecule has 0 unspecified atom stereocenters. The summed E-state index contributed by atoms with van der Waals surface area (Å²) in [5.41, 5.74) is 5.49. The molecule has 3 aromatic rings. The average Bonchev–Trinajstić information content (AvgIpc) is 3.19. The molecule has 1 heterocycles. The first-order chi connectivity index (χ1) is 16.3. The number of carbonyl (C=O) groups is 1. The Morgan fingerprint density at radius 1 is 0.971 bits per heavy atom. The van der Waals surface area contributed by atoms with Crippen molar-refractivity contribution in [2.24, 2.45) is 7.05 Å². The lowest BCUT2D eigenvalue weighted by Gasteiger charge is -2.21. The number of thioether (sulfide) groups is 1. The van der Waals surface area contributed by atoms with Crippen LogP contribution in [0.3, 0.4) is 0 Å². The van der Waals surface area contributed by atoms with E-state index in [9.17, 15) is 4.79 Å². The highest BCUT2D eigenvalue weighted by Crippen LogP contribution is 2.33. The molecule has 3 rings (SSSR count). The molecule has 1 amide bonds. The van der Waals surface area contributed by atoms with Gasteiger partial charge in [-0.2, -0.15) is 0 Å². The van der Waals surface area contributed by atoms with E-state index in [-0.39, 0.29) is 11.7 Å². The monoisotopic (exact) mass is 479 g/mol. The zero-order valence-electron chi connectivity index (χ0n) is 21.4. The van der Waals surface area contributed by atoms with Gasteiger partial charge in [-0.25, -0.2) is 0 Å². The fourth-order valence-corrected chi connectivity index (χ4v) is 4.81. The Balaban J connectivity index is 1.71. The Labute approximate surface area is 208 Å². The molecule has 34 heavy (non-hydrogen) atoms. The Morgan fingerprint density at radius 2 is 1.56 bits per heavy atom. The highest BCUT2D eigenvalue weighted by Gasteiger charge is 2.18. The molecule has 0 radical (unpaired) electrons. The van der Waals surface area contributed by atoms with Crippen LogP contribution in [0.2, 0.25) is 0 Å². The number of hydrogen-bond donors (Lipinski definition) is 1. The average molecular weight is 480 g/mol. The number of carbonyl (C=O) groups excluding carboxylic acids is 1. The molecule has 0 aliphatic heterocycles. The van der Waals surface area contributed by atoms with E-state index in [0.29, 0.717) is 11.8 Å². The molecule has 182 valence electrons. The largest absolute Gasteiger partial charge is 0.372 e. The van der Waals surface area contributed by atoms with Crippen molar-refractivity contribution in [3.8, 4) is 11.4 Å². The Hall–Kier alpha value is -2.80. The van der Waals surface area contributed by atoms with Crippen molar-refractivity contribution in [1.29, 1.82) is 0 Å². The van der Waals surface area contributed by atoms with E-state index < -0.39 is 0 Å². The Bertz CT molecular complexity index is 1070. The number of hydrogen-bond acceptors (Lipinski definition) is 5. The molecule has 6 nitrogen and oxygen atoms in total. The quantitative estimate of drug-likeness (QED) is 0.345. The standard InChI is InChI=1S/C27H37N5OS/c1-8-32(9-2)21-15-13-20(14-16-21)26-29-30-27(31(26)7)34-17-24(33)28-25-22(18(3)4)11-10-12-23(25)19(5)6/h10-16,18-19H,8-9,17H2,1-7H3,(H,28,33). The van der Waals surface area contributed by atoms with Gasteiger partial charge in [-0.1, -0.05) is 57.7 Å². The lowest BCUT2D eigenvalue weighted by atomic mass is 9.92. The lowest BCUT2D eigenvalue weighted by molar-refractivity contribution is -0.113. The van der Waals surface area contributed by atoms with Crippen molar-refractivity contribution in [3.05, 3.63) is 53.6 Å². The minimum atomic E-state index is -0.0341. The summed E-state index contributed by atoms with van der Waals surface area (Å²) in [6, 6.07) is 14.7. The molecule has 1 aromatic heterocycles. The fraction of sp³-hybridized carbons (Fsp3) is 0.444. The molecule has 0 spiro atoms. The first-order valence-electron chi connectivity index (χ1n) is 12.1. The number of benzene rings is 2. The summed E-state index contributed by atoms with van der Waals surface area (Å²) in [6.07, 6.45) is 0. The van der Waals surface area contributed by atoms with E-state index in [0.717, 1.165) is 35.3 Å². The molecular formula is C27H37N5OS. The summed E-state index contributed by atoms with van der Waals surface area (Å²) in [5.74, 6) is 1.69. The van der Waals surface area contributed by atoms with Crippen LogP contribution in [0.25, 0.3) is 11.4 Å². The summed E-state index contributed by atoms with van der Waals surface area (Å²) in [6.45, 7) is 14.9. The van der Waals surface area contributed by atoms with Crippen molar-refractivity contribution in [2.75, 3.05) is 29.1 Å². The fourth-order valence-electron chi connectivity index (χ4n) is 4.10. The van der Waals surface area contributed by atoms with E-state index in [4.69, 9.17) is 0 Å². The van der Waals surface area contributed by atoms with Gasteiger partial charge in [-0.3, -0.25) is 4.79 Å². The van der Waals surface area contributed by atoms with Gasteiger partial charge in [-0.05, 0) is 61.1 Å². The summed E-state index contributed by atoms with van der Waals surface area (Å²) in [4.78, 5) is 15.2. The van der Waals surface area contributed by atoms with Gasteiger partial charge in [0.1, 0.15) is 0 Å². The number of rotatable bonds is 10. The first kappa shape index (κ1) is 25.8. The van der Waals surface area contributed by atoms with Crippen LogP contribution in [0, 0.1) is 0 Å². The predicted molar refractivity (Wildman–Crippen MR) is 144 cm³/mol. The molecule has 0 fully saturated rings. The van der Waals surface area contributed by atoms with E-state index in [1.807, 2.05) is 11.6 Å². The summed E-state index contributed by atoms with van der Waals surface area (Å²) in [5, 5.41) is 12.6. The van der Waals surface area contributed by atoms with Crippen molar-refractivity contribution in [3.63, 3.8) is 0 Å². The third kappa shape index (κ3) is 5.81. The van der Waals surface area contributed by atoms with Crippen molar-refractivity contribution >= 4 is 29.0 Å². The molecule has 7 heteroatoms. The maximum absolute atomic E-state index is 12.9. The van der Waals surface area contributed by atoms with Gasteiger partial charge < -0.3 is 14.8 Å². The first-order valence-corrected chi connectivity index (χ1v) is 13.1. The maximum atomic E-state index is 12.9. The van der Waals surface area contributed by atoms with Gasteiger partial charge in [-0.15, -0.1) is 10.2 Å². The molecule has 1 N–H and O–H groups in total. The smallest absolute Gasteiger partial charge is 0.234 e. The third-order valence-electron chi connectivity index (χ3n) is 6.06. The van der Waals surface area contributed by atoms with Crippen LogP contribution in [-0.4, -0.2) is 39.5 Å². The van der Waals surface area contributed by atoms with Crippen LogP contribution in [0.15, 0.2) is 47.6 Å². The zero-order valence-corrected chi connectivity index (χ0v) is 22.2. The highest BCUT2D eigenvalue weighted by atomic mass is 32.2. The molecule has 0 aliphatic rings. The number of nitrogens with one attached hydrogen (secondary N) is 1.